The largest absolute Gasteiger partial charge is 0.444 e. The summed E-state index contributed by atoms with van der Waals surface area (Å²) >= 11 is 0. The van der Waals surface area contributed by atoms with E-state index in [9.17, 15) is 27.6 Å². The first-order valence-corrected chi connectivity index (χ1v) is 19.4. The van der Waals surface area contributed by atoms with Gasteiger partial charge in [0, 0.05) is 56.8 Å². The second kappa shape index (κ2) is 14.4. The molecular weight excluding hydrogens is 706 g/mol. The number of benzene rings is 2. The van der Waals surface area contributed by atoms with Crippen LogP contribution in [0, 0.1) is 16.6 Å². The molecule has 2 saturated heterocycles. The van der Waals surface area contributed by atoms with Crippen LogP contribution < -0.4 is 5.32 Å². The molecule has 7 rings (SSSR count). The predicted octanol–water partition coefficient (Wildman–Crippen LogP) is 9.08. The first-order valence-electron chi connectivity index (χ1n) is 19.4. The standard InChI is InChI=1S/C44H51F3N4O4/c1-28(49-38(52)34-20-33(23-48-24-34)30-14-18-50(19-15-30)39(53)42(5)16-17-44(46,47)25-42)29-6-8-31(9-7-29)37(32-10-12-36(45)13-11-32)35-21-43(22-35)26-51(27-43)40(54)55-41(2,3)4/h6-13,20,23-24,28,30H,14-19,21-22,25-27H2,1-5H3,(H,49,52)/t28-,42?/m1/s1. The number of rotatable bonds is 7. The molecule has 0 radical (unpaired) electrons. The number of piperidine rings is 1. The van der Waals surface area contributed by atoms with Gasteiger partial charge in [-0.1, -0.05) is 48.9 Å². The molecule has 1 unspecified atom stereocenters. The van der Waals surface area contributed by atoms with Gasteiger partial charge in [-0.05, 0) is 112 Å². The fourth-order valence-corrected chi connectivity index (χ4v) is 8.96. The second-order valence-corrected chi connectivity index (χ2v) is 17.7. The Morgan fingerprint density at radius 2 is 1.51 bits per heavy atom. The molecular formula is C44H51F3N4O4. The zero-order chi connectivity index (χ0) is 39.3. The molecule has 2 aliphatic heterocycles. The van der Waals surface area contributed by atoms with Crippen molar-refractivity contribution in [2.24, 2.45) is 10.8 Å². The summed E-state index contributed by atoms with van der Waals surface area (Å²) in [6, 6.07) is 16.2. The predicted molar refractivity (Wildman–Crippen MR) is 204 cm³/mol. The summed E-state index contributed by atoms with van der Waals surface area (Å²) in [7, 11) is 0. The Balaban J connectivity index is 0.977. The van der Waals surface area contributed by atoms with Gasteiger partial charge in [-0.3, -0.25) is 14.6 Å². The van der Waals surface area contributed by atoms with Crippen LogP contribution in [-0.4, -0.2) is 70.4 Å². The van der Waals surface area contributed by atoms with Gasteiger partial charge in [0.2, 0.25) is 11.8 Å². The van der Waals surface area contributed by atoms with Crippen LogP contribution in [0.25, 0.3) is 5.57 Å². The van der Waals surface area contributed by atoms with Gasteiger partial charge < -0.3 is 19.9 Å². The maximum Gasteiger partial charge on any atom is 0.410 e. The number of ether oxygens (including phenoxy) is 1. The molecule has 3 amide bonds. The van der Waals surface area contributed by atoms with E-state index in [0.29, 0.717) is 44.6 Å². The number of hydrogen-bond donors (Lipinski definition) is 1. The monoisotopic (exact) mass is 756 g/mol. The Morgan fingerprint density at radius 3 is 2.09 bits per heavy atom. The van der Waals surface area contributed by atoms with Crippen LogP contribution in [0.1, 0.15) is 124 Å². The molecule has 1 aromatic heterocycles. The molecule has 2 saturated carbocycles. The highest BCUT2D eigenvalue weighted by atomic mass is 19.3. The van der Waals surface area contributed by atoms with E-state index < -0.39 is 23.4 Å². The van der Waals surface area contributed by atoms with Crippen molar-refractivity contribution in [2.45, 2.75) is 103 Å². The Kier molecular flexibility index (Phi) is 10.1. The number of aromatic nitrogens is 1. The molecule has 2 atom stereocenters. The van der Waals surface area contributed by atoms with E-state index in [2.05, 4.69) is 10.3 Å². The highest BCUT2D eigenvalue weighted by Crippen LogP contribution is 2.55. The molecule has 11 heteroatoms. The summed E-state index contributed by atoms with van der Waals surface area (Å²) in [4.78, 5) is 47.1. The van der Waals surface area contributed by atoms with Gasteiger partial charge in [0.25, 0.3) is 5.91 Å². The van der Waals surface area contributed by atoms with Gasteiger partial charge in [0.15, 0.2) is 0 Å². The molecule has 4 fully saturated rings. The van der Waals surface area contributed by atoms with Gasteiger partial charge in [-0.2, -0.15) is 0 Å². The van der Waals surface area contributed by atoms with Crippen LogP contribution >= 0.6 is 0 Å². The van der Waals surface area contributed by atoms with Crippen LogP contribution in [0.4, 0.5) is 18.0 Å². The van der Waals surface area contributed by atoms with Gasteiger partial charge in [0.05, 0.1) is 17.0 Å². The Bertz CT molecular complexity index is 1970. The number of allylic oxidation sites excluding steroid dienone is 1. The van der Waals surface area contributed by atoms with E-state index in [-0.39, 0.29) is 53.9 Å². The lowest BCUT2D eigenvalue weighted by atomic mass is 9.59. The number of nitrogens with one attached hydrogen (secondary N) is 1. The topological polar surface area (TPSA) is 91.8 Å². The van der Waals surface area contributed by atoms with E-state index in [0.717, 1.165) is 40.7 Å². The number of likely N-dealkylation sites (tertiary alicyclic amines) is 2. The Labute approximate surface area is 321 Å². The number of amides is 3. The molecule has 3 heterocycles. The number of alkyl halides is 2. The van der Waals surface area contributed by atoms with Gasteiger partial charge >= 0.3 is 6.09 Å². The third-order valence-electron chi connectivity index (χ3n) is 11.9. The van der Waals surface area contributed by atoms with E-state index in [1.807, 2.05) is 58.0 Å². The summed E-state index contributed by atoms with van der Waals surface area (Å²) in [6.45, 7) is 11.5. The van der Waals surface area contributed by atoms with Gasteiger partial charge in [-0.25, -0.2) is 18.0 Å². The van der Waals surface area contributed by atoms with Crippen molar-refractivity contribution in [1.29, 1.82) is 0 Å². The summed E-state index contributed by atoms with van der Waals surface area (Å²) in [6.07, 6.45) is 5.64. The fourth-order valence-electron chi connectivity index (χ4n) is 8.96. The van der Waals surface area contributed by atoms with Crippen LogP contribution in [0.15, 0.2) is 72.6 Å². The minimum atomic E-state index is -2.78. The molecule has 55 heavy (non-hydrogen) atoms. The molecule has 2 aliphatic carbocycles. The Morgan fingerprint density at radius 1 is 0.891 bits per heavy atom. The lowest BCUT2D eigenvalue weighted by Gasteiger charge is -2.57. The van der Waals surface area contributed by atoms with E-state index in [4.69, 9.17) is 4.74 Å². The molecule has 3 aromatic rings. The first-order chi connectivity index (χ1) is 25.9. The van der Waals surface area contributed by atoms with Crippen LogP contribution in [0.3, 0.4) is 0 Å². The third kappa shape index (κ3) is 8.31. The quantitative estimate of drug-likeness (QED) is 0.260. The van der Waals surface area contributed by atoms with Crippen molar-refractivity contribution in [3.63, 3.8) is 0 Å². The average Bonchev–Trinajstić information content (AvgIpc) is 3.41. The van der Waals surface area contributed by atoms with Gasteiger partial charge in [0.1, 0.15) is 11.4 Å². The van der Waals surface area contributed by atoms with Crippen LogP contribution in [-0.2, 0) is 9.53 Å². The SMILES string of the molecule is C[C@@H](NC(=O)c1cncc(C2CCN(C(=O)C3(C)CCC(F)(F)C3)CC2)c1)c1ccc(C(=C2CC3(C2)CN(C(=O)OC(C)(C)C)C3)c2ccc(F)cc2)cc1. The van der Waals surface area contributed by atoms with Crippen molar-refractivity contribution in [1.82, 2.24) is 20.1 Å². The number of halogens is 3. The average molecular weight is 757 g/mol. The van der Waals surface area contributed by atoms with Crippen molar-refractivity contribution in [2.75, 3.05) is 26.2 Å². The molecule has 1 spiro atoms. The normalized spacial score (nSPS) is 22.4. The summed E-state index contributed by atoms with van der Waals surface area (Å²) in [5.41, 5.74) is 5.04. The lowest BCUT2D eigenvalue weighted by molar-refractivity contribution is -0.143. The van der Waals surface area contributed by atoms with E-state index >= 15 is 0 Å². The molecule has 2 aromatic carbocycles. The molecule has 4 aliphatic rings. The molecule has 292 valence electrons. The number of hydrogen-bond acceptors (Lipinski definition) is 5. The van der Waals surface area contributed by atoms with Crippen molar-refractivity contribution < 1.29 is 32.3 Å². The molecule has 1 N–H and O–H groups in total. The third-order valence-corrected chi connectivity index (χ3v) is 11.9. The fraction of sp³-hybridized carbons (Fsp3) is 0.500. The lowest BCUT2D eigenvalue weighted by Crippen LogP contribution is -2.62. The first kappa shape index (κ1) is 38.6. The van der Waals surface area contributed by atoms with Crippen LogP contribution in [0.2, 0.25) is 0 Å². The summed E-state index contributed by atoms with van der Waals surface area (Å²) in [5, 5.41) is 3.10. The zero-order valence-corrected chi connectivity index (χ0v) is 32.4. The number of carbonyl (C=O) groups excluding carboxylic acids is 3. The minimum Gasteiger partial charge on any atom is -0.444 e. The highest BCUT2D eigenvalue weighted by Gasteiger charge is 2.54. The highest BCUT2D eigenvalue weighted by molar-refractivity contribution is 5.94. The molecule has 8 nitrogen and oxygen atoms in total. The van der Waals surface area contributed by atoms with Crippen LogP contribution in [0.5, 0.6) is 0 Å². The summed E-state index contributed by atoms with van der Waals surface area (Å²) in [5.74, 6) is -3.40. The smallest absolute Gasteiger partial charge is 0.410 e. The van der Waals surface area contributed by atoms with Crippen molar-refractivity contribution in [3.05, 3.63) is 106 Å². The van der Waals surface area contributed by atoms with E-state index in [1.165, 1.54) is 17.7 Å². The number of pyridine rings is 1. The zero-order valence-electron chi connectivity index (χ0n) is 32.4. The van der Waals surface area contributed by atoms with E-state index in [1.54, 1.807) is 41.2 Å². The minimum absolute atomic E-state index is 0.0368. The number of nitrogens with zero attached hydrogens (tertiary/aromatic N) is 3. The van der Waals surface area contributed by atoms with Gasteiger partial charge in [-0.15, -0.1) is 0 Å². The van der Waals surface area contributed by atoms with Crippen molar-refractivity contribution >= 4 is 23.5 Å². The maximum absolute atomic E-state index is 13.9. The second-order valence-electron chi connectivity index (χ2n) is 17.7. The summed E-state index contributed by atoms with van der Waals surface area (Å²) < 4.78 is 47.4. The van der Waals surface area contributed by atoms with Crippen molar-refractivity contribution in [3.8, 4) is 0 Å². The molecule has 0 bridgehead atoms. The maximum atomic E-state index is 13.9. The number of carbonyl (C=O) groups is 3. The Hall–Kier alpha value is -4.67.